The second kappa shape index (κ2) is 6.35. The lowest BCUT2D eigenvalue weighted by molar-refractivity contribution is 0.218. The maximum absolute atomic E-state index is 14.2. The second-order valence-corrected chi connectivity index (χ2v) is 5.53. The lowest BCUT2D eigenvalue weighted by Gasteiger charge is -2.33. The first kappa shape index (κ1) is 14.3. The van der Waals surface area contributed by atoms with Crippen molar-refractivity contribution in [2.75, 3.05) is 7.11 Å². The van der Waals surface area contributed by atoms with Crippen molar-refractivity contribution < 1.29 is 9.13 Å². The average molecular weight is 266 g/mol. The Bertz CT molecular complexity index is 425. The van der Waals surface area contributed by atoms with Crippen LogP contribution < -0.4 is 16.0 Å². The molecule has 4 heteroatoms. The molecule has 0 aliphatic heterocycles. The summed E-state index contributed by atoms with van der Waals surface area (Å²) >= 11 is 0. The van der Waals surface area contributed by atoms with E-state index in [1.165, 1.54) is 18.9 Å². The van der Waals surface area contributed by atoms with Crippen molar-refractivity contribution in [2.24, 2.45) is 17.7 Å². The van der Waals surface area contributed by atoms with Gasteiger partial charge in [-0.3, -0.25) is 11.3 Å². The lowest BCUT2D eigenvalue weighted by atomic mass is 9.76. The highest BCUT2D eigenvalue weighted by Gasteiger charge is 2.30. The number of rotatable bonds is 4. The molecular weight excluding hydrogens is 243 g/mol. The molecule has 1 aliphatic carbocycles. The van der Waals surface area contributed by atoms with Gasteiger partial charge in [-0.05, 0) is 36.8 Å². The van der Waals surface area contributed by atoms with Gasteiger partial charge in [-0.15, -0.1) is 0 Å². The molecule has 0 bridgehead atoms. The van der Waals surface area contributed by atoms with Crippen LogP contribution in [0.1, 0.15) is 44.2 Å². The minimum Gasteiger partial charge on any atom is -0.496 e. The van der Waals surface area contributed by atoms with Gasteiger partial charge in [0, 0.05) is 5.56 Å². The molecular formula is C15H23FN2O. The van der Waals surface area contributed by atoms with E-state index in [1.807, 2.05) is 0 Å². The lowest BCUT2D eigenvalue weighted by Crippen LogP contribution is -2.36. The third kappa shape index (κ3) is 3.07. The molecule has 1 fully saturated rings. The van der Waals surface area contributed by atoms with E-state index >= 15 is 0 Å². The predicted molar refractivity (Wildman–Crippen MR) is 74.1 cm³/mol. The molecule has 0 aromatic heterocycles. The second-order valence-electron chi connectivity index (χ2n) is 5.53. The standard InChI is InChI=1S/C15H23FN2O/c1-10-5-3-6-11(9-10)15(18-17)14-12(16)7-4-8-13(14)19-2/h4,7-8,10-11,15,18H,3,5-6,9,17H2,1-2H3. The van der Waals surface area contributed by atoms with Gasteiger partial charge < -0.3 is 4.74 Å². The summed E-state index contributed by atoms with van der Waals surface area (Å²) in [7, 11) is 1.56. The molecule has 1 saturated carbocycles. The summed E-state index contributed by atoms with van der Waals surface area (Å²) in [5.41, 5.74) is 3.37. The molecule has 1 aromatic carbocycles. The average Bonchev–Trinajstić information content (AvgIpc) is 2.41. The molecule has 106 valence electrons. The van der Waals surface area contributed by atoms with Gasteiger partial charge in [0.1, 0.15) is 11.6 Å². The van der Waals surface area contributed by atoms with Crippen molar-refractivity contribution in [1.82, 2.24) is 5.43 Å². The van der Waals surface area contributed by atoms with Crippen molar-refractivity contribution in [3.05, 3.63) is 29.6 Å². The van der Waals surface area contributed by atoms with Crippen LogP contribution in [0.5, 0.6) is 5.75 Å². The summed E-state index contributed by atoms with van der Waals surface area (Å²) < 4.78 is 19.4. The summed E-state index contributed by atoms with van der Waals surface area (Å²) in [4.78, 5) is 0. The monoisotopic (exact) mass is 266 g/mol. The van der Waals surface area contributed by atoms with Gasteiger partial charge >= 0.3 is 0 Å². The smallest absolute Gasteiger partial charge is 0.131 e. The summed E-state index contributed by atoms with van der Waals surface area (Å²) in [6, 6.07) is 4.73. The van der Waals surface area contributed by atoms with Crippen LogP contribution in [0.4, 0.5) is 4.39 Å². The molecule has 0 saturated heterocycles. The van der Waals surface area contributed by atoms with E-state index in [-0.39, 0.29) is 11.9 Å². The molecule has 3 unspecified atom stereocenters. The van der Waals surface area contributed by atoms with Crippen LogP contribution in [0.25, 0.3) is 0 Å². The first-order chi connectivity index (χ1) is 9.17. The largest absolute Gasteiger partial charge is 0.496 e. The Kier molecular flexibility index (Phi) is 4.77. The number of nitrogens with one attached hydrogen (secondary N) is 1. The van der Waals surface area contributed by atoms with E-state index in [2.05, 4.69) is 12.3 Å². The van der Waals surface area contributed by atoms with Crippen LogP contribution in [0.2, 0.25) is 0 Å². The van der Waals surface area contributed by atoms with Crippen LogP contribution in [0.15, 0.2) is 18.2 Å². The molecule has 3 atom stereocenters. The van der Waals surface area contributed by atoms with Gasteiger partial charge in [0.25, 0.3) is 0 Å². The van der Waals surface area contributed by atoms with Crippen LogP contribution >= 0.6 is 0 Å². The van der Waals surface area contributed by atoms with E-state index in [0.29, 0.717) is 23.1 Å². The van der Waals surface area contributed by atoms with Gasteiger partial charge in [-0.25, -0.2) is 4.39 Å². The first-order valence-electron chi connectivity index (χ1n) is 6.96. The highest BCUT2D eigenvalue weighted by molar-refractivity contribution is 5.37. The normalized spacial score (nSPS) is 25.1. The van der Waals surface area contributed by atoms with Gasteiger partial charge in [0.2, 0.25) is 0 Å². The third-order valence-electron chi connectivity index (χ3n) is 4.17. The molecule has 3 N–H and O–H groups in total. The number of benzene rings is 1. The minimum atomic E-state index is -0.250. The van der Waals surface area contributed by atoms with Crippen molar-refractivity contribution in [1.29, 1.82) is 0 Å². The van der Waals surface area contributed by atoms with Crippen LogP contribution in [-0.2, 0) is 0 Å². The summed E-state index contributed by atoms with van der Waals surface area (Å²) in [6.45, 7) is 2.25. The zero-order valence-electron chi connectivity index (χ0n) is 11.7. The number of halogens is 1. The summed E-state index contributed by atoms with van der Waals surface area (Å²) in [5, 5.41) is 0. The molecule has 0 spiro atoms. The molecule has 2 rings (SSSR count). The highest BCUT2D eigenvalue weighted by Crippen LogP contribution is 2.40. The summed E-state index contributed by atoms with van der Waals surface area (Å²) in [6.07, 6.45) is 4.59. The topological polar surface area (TPSA) is 47.3 Å². The van der Waals surface area contributed by atoms with Gasteiger partial charge in [-0.1, -0.05) is 25.8 Å². The van der Waals surface area contributed by atoms with Crippen LogP contribution in [-0.4, -0.2) is 7.11 Å². The quantitative estimate of drug-likeness (QED) is 0.650. The SMILES string of the molecule is COc1cccc(F)c1C(NN)C1CCCC(C)C1. The number of hydrogen-bond acceptors (Lipinski definition) is 3. The van der Waals surface area contributed by atoms with Crippen LogP contribution in [0.3, 0.4) is 0 Å². The van der Waals surface area contributed by atoms with Crippen molar-refractivity contribution in [2.45, 2.75) is 38.6 Å². The number of methoxy groups -OCH3 is 1. The Morgan fingerprint density at radius 1 is 1.42 bits per heavy atom. The van der Waals surface area contributed by atoms with E-state index in [9.17, 15) is 4.39 Å². The Labute approximate surface area is 114 Å². The molecule has 1 aliphatic rings. The number of hydrazine groups is 1. The Morgan fingerprint density at radius 3 is 2.84 bits per heavy atom. The summed E-state index contributed by atoms with van der Waals surface area (Å²) in [5.74, 6) is 7.06. The molecule has 0 amide bonds. The van der Waals surface area contributed by atoms with E-state index < -0.39 is 0 Å². The third-order valence-corrected chi connectivity index (χ3v) is 4.17. The Hall–Kier alpha value is -1.13. The highest BCUT2D eigenvalue weighted by atomic mass is 19.1. The van der Waals surface area contributed by atoms with Crippen molar-refractivity contribution >= 4 is 0 Å². The first-order valence-corrected chi connectivity index (χ1v) is 6.96. The van der Waals surface area contributed by atoms with E-state index in [0.717, 1.165) is 12.8 Å². The van der Waals surface area contributed by atoms with Crippen LogP contribution in [0, 0.1) is 17.7 Å². The zero-order chi connectivity index (χ0) is 13.8. The number of nitrogens with two attached hydrogens (primary N) is 1. The number of hydrogen-bond donors (Lipinski definition) is 2. The fourth-order valence-corrected chi connectivity index (χ4v) is 3.24. The van der Waals surface area contributed by atoms with Crippen molar-refractivity contribution in [3.63, 3.8) is 0 Å². The zero-order valence-corrected chi connectivity index (χ0v) is 11.7. The van der Waals surface area contributed by atoms with Gasteiger partial charge in [0.05, 0.1) is 13.2 Å². The Balaban J connectivity index is 2.31. The maximum atomic E-state index is 14.2. The van der Waals surface area contributed by atoms with E-state index in [1.54, 1.807) is 19.2 Å². The maximum Gasteiger partial charge on any atom is 0.131 e. The fourth-order valence-electron chi connectivity index (χ4n) is 3.24. The number of ether oxygens (including phenoxy) is 1. The molecule has 1 aromatic rings. The van der Waals surface area contributed by atoms with Crippen molar-refractivity contribution in [3.8, 4) is 5.75 Å². The van der Waals surface area contributed by atoms with Gasteiger partial charge in [0.15, 0.2) is 0 Å². The van der Waals surface area contributed by atoms with Gasteiger partial charge in [-0.2, -0.15) is 0 Å². The van der Waals surface area contributed by atoms with E-state index in [4.69, 9.17) is 10.6 Å². The minimum absolute atomic E-state index is 0.182. The predicted octanol–water partition coefficient (Wildman–Crippen LogP) is 3.17. The molecule has 0 heterocycles. The molecule has 19 heavy (non-hydrogen) atoms. The molecule has 0 radical (unpaired) electrons. The Morgan fingerprint density at radius 2 is 2.21 bits per heavy atom. The fraction of sp³-hybridized carbons (Fsp3) is 0.600. The molecule has 3 nitrogen and oxygen atoms in total.